The summed E-state index contributed by atoms with van der Waals surface area (Å²) >= 11 is 1.29. The van der Waals surface area contributed by atoms with Crippen LogP contribution in [0.25, 0.3) is 28.0 Å². The van der Waals surface area contributed by atoms with E-state index in [4.69, 9.17) is 4.74 Å². The molecule has 0 saturated heterocycles. The number of H-pyrrole nitrogens is 1. The number of amides is 2. The summed E-state index contributed by atoms with van der Waals surface area (Å²) in [7, 11) is 3.40. The third-order valence-electron chi connectivity index (χ3n) is 6.02. The fourth-order valence-electron chi connectivity index (χ4n) is 4.17. The lowest BCUT2D eigenvalue weighted by atomic mass is 10.1. The molecule has 0 aliphatic carbocycles. The first-order valence-electron chi connectivity index (χ1n) is 12.4. The second kappa shape index (κ2) is 11.4. The van der Waals surface area contributed by atoms with Crippen molar-refractivity contribution in [3.05, 3.63) is 84.6 Å². The van der Waals surface area contributed by atoms with Crippen LogP contribution in [0.1, 0.15) is 17.3 Å². The zero-order valence-electron chi connectivity index (χ0n) is 21.8. The Morgan fingerprint density at radius 1 is 1.00 bits per heavy atom. The van der Waals surface area contributed by atoms with E-state index >= 15 is 0 Å². The number of nitrogens with one attached hydrogen (secondary N) is 2. The van der Waals surface area contributed by atoms with E-state index in [-0.39, 0.29) is 17.6 Å². The molecule has 0 aliphatic heterocycles. The monoisotopic (exact) mass is 540 g/mol. The Morgan fingerprint density at radius 2 is 1.74 bits per heavy atom. The highest BCUT2D eigenvalue weighted by molar-refractivity contribution is 7.99. The van der Waals surface area contributed by atoms with Gasteiger partial charge in [-0.1, -0.05) is 30.0 Å². The Labute approximate surface area is 230 Å². The zero-order valence-corrected chi connectivity index (χ0v) is 22.7. The lowest BCUT2D eigenvalue weighted by molar-refractivity contribution is -0.113. The molecule has 2 aromatic heterocycles. The van der Waals surface area contributed by atoms with Crippen LogP contribution in [-0.2, 0) is 4.79 Å². The van der Waals surface area contributed by atoms with Crippen molar-refractivity contribution in [1.29, 1.82) is 0 Å². The number of para-hydroxylation sites is 1. The highest BCUT2D eigenvalue weighted by Crippen LogP contribution is 2.33. The molecule has 0 fully saturated rings. The number of rotatable bonds is 9. The van der Waals surface area contributed by atoms with Gasteiger partial charge in [-0.15, -0.1) is 10.2 Å². The normalized spacial score (nSPS) is 10.9. The van der Waals surface area contributed by atoms with Gasteiger partial charge in [0, 0.05) is 53.7 Å². The van der Waals surface area contributed by atoms with E-state index in [1.54, 1.807) is 38.4 Å². The fourth-order valence-corrected chi connectivity index (χ4v) is 4.92. The van der Waals surface area contributed by atoms with Crippen molar-refractivity contribution in [3.8, 4) is 22.8 Å². The van der Waals surface area contributed by atoms with Gasteiger partial charge in [-0.05, 0) is 61.5 Å². The maximum atomic E-state index is 12.8. The molecule has 198 valence electrons. The Hall–Kier alpha value is -4.57. The molecular formula is C29H28N6O3S. The Morgan fingerprint density at radius 3 is 2.46 bits per heavy atom. The van der Waals surface area contributed by atoms with Gasteiger partial charge in [-0.25, -0.2) is 0 Å². The molecule has 2 heterocycles. The summed E-state index contributed by atoms with van der Waals surface area (Å²) in [5.74, 6) is 1.28. The average molecular weight is 541 g/mol. The number of anilines is 1. The maximum Gasteiger partial charge on any atom is 0.253 e. The summed E-state index contributed by atoms with van der Waals surface area (Å²) in [6.07, 6.45) is 1.92. The molecule has 9 nitrogen and oxygen atoms in total. The minimum absolute atomic E-state index is 0.0944. The number of thioether (sulfide) groups is 1. The van der Waals surface area contributed by atoms with Gasteiger partial charge in [0.1, 0.15) is 5.75 Å². The molecule has 0 bridgehead atoms. The molecule has 2 amide bonds. The Kier molecular flexibility index (Phi) is 7.64. The third kappa shape index (κ3) is 5.65. The van der Waals surface area contributed by atoms with Gasteiger partial charge in [-0.3, -0.25) is 14.2 Å². The number of carbonyl (C=O) groups is 2. The van der Waals surface area contributed by atoms with Gasteiger partial charge in [-0.2, -0.15) is 0 Å². The summed E-state index contributed by atoms with van der Waals surface area (Å²) in [6.45, 7) is 2.53. The SMILES string of the molecule is CCOc1ccc(-n2c(SCC(=O)Nc3ccc(C(=O)N(C)C)cc3)nnc2-c2c[nH]c3ccccc23)cc1. The number of hydrogen-bond donors (Lipinski definition) is 2. The van der Waals surface area contributed by atoms with Crippen molar-refractivity contribution in [3.63, 3.8) is 0 Å². The van der Waals surface area contributed by atoms with E-state index in [2.05, 4.69) is 20.5 Å². The van der Waals surface area contributed by atoms with Crippen molar-refractivity contribution >= 4 is 40.2 Å². The van der Waals surface area contributed by atoms with Crippen molar-refractivity contribution in [2.24, 2.45) is 0 Å². The number of carbonyl (C=O) groups excluding carboxylic acids is 2. The molecule has 0 spiro atoms. The van der Waals surface area contributed by atoms with E-state index in [0.717, 1.165) is 27.9 Å². The largest absolute Gasteiger partial charge is 0.494 e. The molecule has 0 aliphatic rings. The summed E-state index contributed by atoms with van der Waals surface area (Å²) in [6, 6.07) is 22.6. The predicted octanol–water partition coefficient (Wildman–Crippen LogP) is 5.25. The van der Waals surface area contributed by atoms with Crippen LogP contribution in [0.15, 0.2) is 84.1 Å². The number of hydrogen-bond acceptors (Lipinski definition) is 6. The number of benzene rings is 3. The fraction of sp³-hybridized carbons (Fsp3) is 0.172. The lowest BCUT2D eigenvalue weighted by Crippen LogP contribution is -2.21. The van der Waals surface area contributed by atoms with Gasteiger partial charge in [0.25, 0.3) is 5.91 Å². The quantitative estimate of drug-likeness (QED) is 0.248. The molecule has 2 N–H and O–H groups in total. The molecule has 3 aromatic carbocycles. The predicted molar refractivity (Wildman–Crippen MR) is 154 cm³/mol. The number of fused-ring (bicyclic) bond motifs is 1. The van der Waals surface area contributed by atoms with Gasteiger partial charge in [0.05, 0.1) is 12.4 Å². The standard InChI is InChI=1S/C29H28N6O3S/c1-4-38-22-15-13-21(14-16-22)35-27(24-17-30-25-8-6-5-7-23(24)25)32-33-29(35)39-18-26(36)31-20-11-9-19(10-12-20)28(37)34(2)3/h5-17,30H,4,18H2,1-3H3,(H,31,36). The van der Waals surface area contributed by atoms with Crippen LogP contribution < -0.4 is 10.1 Å². The van der Waals surface area contributed by atoms with Crippen molar-refractivity contribution < 1.29 is 14.3 Å². The van der Waals surface area contributed by atoms with E-state index in [9.17, 15) is 9.59 Å². The lowest BCUT2D eigenvalue weighted by Gasteiger charge is -2.12. The molecule has 0 atom stereocenters. The highest BCUT2D eigenvalue weighted by atomic mass is 32.2. The molecule has 0 saturated carbocycles. The molecule has 5 rings (SSSR count). The van der Waals surface area contributed by atoms with Crippen LogP contribution in [0.3, 0.4) is 0 Å². The summed E-state index contributed by atoms with van der Waals surface area (Å²) in [5, 5.41) is 13.5. The topological polar surface area (TPSA) is 105 Å². The minimum atomic E-state index is -0.193. The van der Waals surface area contributed by atoms with Crippen LogP contribution in [0.2, 0.25) is 0 Å². The van der Waals surface area contributed by atoms with Gasteiger partial charge < -0.3 is 19.9 Å². The number of ether oxygens (including phenoxy) is 1. The van der Waals surface area contributed by atoms with E-state index in [1.165, 1.54) is 16.7 Å². The second-order valence-corrected chi connectivity index (χ2v) is 9.87. The maximum absolute atomic E-state index is 12.8. The minimum Gasteiger partial charge on any atom is -0.494 e. The highest BCUT2D eigenvalue weighted by Gasteiger charge is 2.20. The smallest absolute Gasteiger partial charge is 0.253 e. The molecule has 0 unspecified atom stereocenters. The molecule has 10 heteroatoms. The van der Waals surface area contributed by atoms with Crippen LogP contribution in [-0.4, -0.2) is 62.9 Å². The first-order chi connectivity index (χ1) is 18.9. The van der Waals surface area contributed by atoms with Crippen molar-refractivity contribution in [2.75, 3.05) is 31.8 Å². The van der Waals surface area contributed by atoms with Crippen LogP contribution in [0.5, 0.6) is 5.75 Å². The second-order valence-electron chi connectivity index (χ2n) is 8.93. The van der Waals surface area contributed by atoms with Gasteiger partial charge in [0.15, 0.2) is 11.0 Å². The first-order valence-corrected chi connectivity index (χ1v) is 13.4. The van der Waals surface area contributed by atoms with Crippen molar-refractivity contribution in [1.82, 2.24) is 24.6 Å². The van der Waals surface area contributed by atoms with Gasteiger partial charge in [0.2, 0.25) is 5.91 Å². The van der Waals surface area contributed by atoms with Crippen LogP contribution >= 0.6 is 11.8 Å². The van der Waals surface area contributed by atoms with Crippen molar-refractivity contribution in [2.45, 2.75) is 12.1 Å². The van der Waals surface area contributed by atoms with Crippen LogP contribution in [0, 0.1) is 0 Å². The van der Waals surface area contributed by atoms with Crippen LogP contribution in [0.4, 0.5) is 5.69 Å². The van der Waals surface area contributed by atoms with E-state index in [0.29, 0.717) is 28.8 Å². The first kappa shape index (κ1) is 26.1. The number of aromatic nitrogens is 4. The van der Waals surface area contributed by atoms with E-state index in [1.807, 2.05) is 66.2 Å². The molecule has 0 radical (unpaired) electrons. The average Bonchev–Trinajstić information content (AvgIpc) is 3.56. The van der Waals surface area contributed by atoms with E-state index < -0.39 is 0 Å². The Balaban J connectivity index is 1.39. The summed E-state index contributed by atoms with van der Waals surface area (Å²) in [5.41, 5.74) is 3.94. The number of aromatic amines is 1. The summed E-state index contributed by atoms with van der Waals surface area (Å²) in [4.78, 5) is 29.7. The number of nitrogens with zero attached hydrogens (tertiary/aromatic N) is 4. The molecular weight excluding hydrogens is 512 g/mol. The summed E-state index contributed by atoms with van der Waals surface area (Å²) < 4.78 is 7.56. The Bertz CT molecular complexity index is 1610. The zero-order chi connectivity index (χ0) is 27.4. The third-order valence-corrected chi connectivity index (χ3v) is 6.95. The molecule has 5 aromatic rings. The molecule has 39 heavy (non-hydrogen) atoms. The van der Waals surface area contributed by atoms with Gasteiger partial charge >= 0.3 is 0 Å².